The van der Waals surface area contributed by atoms with Crippen LogP contribution >= 0.6 is 0 Å². The van der Waals surface area contributed by atoms with E-state index in [1.807, 2.05) is 4.90 Å². The lowest BCUT2D eigenvalue weighted by Gasteiger charge is -2.40. The van der Waals surface area contributed by atoms with Crippen molar-refractivity contribution in [2.75, 3.05) is 26.7 Å². The van der Waals surface area contributed by atoms with E-state index in [0.717, 1.165) is 0 Å². The molecular formula is C9H16N2O3. The molecule has 0 aromatic rings. The van der Waals surface area contributed by atoms with Crippen LogP contribution in [0.1, 0.15) is 13.8 Å². The molecule has 1 rings (SSSR count). The predicted molar refractivity (Wildman–Crippen MR) is 50.7 cm³/mol. The smallest absolute Gasteiger partial charge is 0.319 e. The van der Waals surface area contributed by atoms with Crippen LogP contribution < -0.4 is 5.32 Å². The summed E-state index contributed by atoms with van der Waals surface area (Å²) < 4.78 is 4.57. The van der Waals surface area contributed by atoms with Gasteiger partial charge in [-0.15, -0.1) is 0 Å². The Kier molecular flexibility index (Phi) is 3.10. The van der Waals surface area contributed by atoms with E-state index in [2.05, 4.69) is 10.1 Å². The molecule has 1 heterocycles. The van der Waals surface area contributed by atoms with Crippen molar-refractivity contribution < 1.29 is 14.3 Å². The number of piperazine rings is 1. The molecule has 0 aliphatic carbocycles. The Bertz CT molecular complexity index is 250. The summed E-state index contributed by atoms with van der Waals surface area (Å²) in [5.41, 5.74) is -0.633. The molecule has 0 saturated carbocycles. The van der Waals surface area contributed by atoms with Gasteiger partial charge in [0.25, 0.3) is 0 Å². The molecule has 1 aliphatic rings. The Labute approximate surface area is 83.4 Å². The number of hydrogen-bond donors (Lipinski definition) is 1. The zero-order chi connectivity index (χ0) is 10.8. The van der Waals surface area contributed by atoms with E-state index < -0.39 is 5.54 Å². The van der Waals surface area contributed by atoms with Gasteiger partial charge < -0.3 is 10.1 Å². The number of hydrogen-bond acceptors (Lipinski definition) is 4. The van der Waals surface area contributed by atoms with Crippen molar-refractivity contribution in [1.82, 2.24) is 10.2 Å². The third-order valence-corrected chi connectivity index (χ3v) is 2.56. The molecule has 5 nitrogen and oxygen atoms in total. The maximum Gasteiger partial charge on any atom is 0.319 e. The van der Waals surface area contributed by atoms with E-state index in [1.54, 1.807) is 13.8 Å². The number of ether oxygens (including phenoxy) is 1. The molecule has 1 N–H and O–H groups in total. The minimum Gasteiger partial charge on any atom is -0.468 e. The van der Waals surface area contributed by atoms with Gasteiger partial charge in [-0.05, 0) is 13.8 Å². The monoisotopic (exact) mass is 200 g/mol. The molecular weight excluding hydrogens is 184 g/mol. The van der Waals surface area contributed by atoms with Gasteiger partial charge in [0, 0.05) is 13.1 Å². The van der Waals surface area contributed by atoms with E-state index in [9.17, 15) is 9.59 Å². The summed E-state index contributed by atoms with van der Waals surface area (Å²) in [4.78, 5) is 24.4. The highest BCUT2D eigenvalue weighted by molar-refractivity contribution is 5.87. The largest absolute Gasteiger partial charge is 0.468 e. The number of nitrogens with one attached hydrogen (secondary N) is 1. The zero-order valence-electron chi connectivity index (χ0n) is 8.79. The summed E-state index contributed by atoms with van der Waals surface area (Å²) in [6, 6.07) is 0. The first-order valence-electron chi connectivity index (χ1n) is 4.58. The van der Waals surface area contributed by atoms with Crippen LogP contribution in [0.2, 0.25) is 0 Å². The lowest BCUT2D eigenvalue weighted by atomic mass is 9.99. The number of carbonyl (C=O) groups excluding carboxylic acids is 2. The lowest BCUT2D eigenvalue weighted by Crippen LogP contribution is -2.62. The number of carbonyl (C=O) groups is 2. The van der Waals surface area contributed by atoms with Gasteiger partial charge in [0.2, 0.25) is 5.91 Å². The van der Waals surface area contributed by atoms with Crippen LogP contribution in [0.25, 0.3) is 0 Å². The van der Waals surface area contributed by atoms with Crippen LogP contribution in [0.3, 0.4) is 0 Å². The number of amides is 1. The highest BCUT2D eigenvalue weighted by Gasteiger charge is 2.38. The summed E-state index contributed by atoms with van der Waals surface area (Å²) in [5, 5.41) is 2.76. The first-order chi connectivity index (χ1) is 6.48. The van der Waals surface area contributed by atoms with Gasteiger partial charge in [0.1, 0.15) is 0 Å². The van der Waals surface area contributed by atoms with E-state index in [-0.39, 0.29) is 18.4 Å². The molecule has 0 unspecified atom stereocenters. The van der Waals surface area contributed by atoms with Gasteiger partial charge >= 0.3 is 5.97 Å². The Morgan fingerprint density at radius 3 is 2.86 bits per heavy atom. The Balaban J connectivity index is 2.67. The topological polar surface area (TPSA) is 58.6 Å². The fourth-order valence-corrected chi connectivity index (χ4v) is 1.44. The van der Waals surface area contributed by atoms with Gasteiger partial charge in [-0.3, -0.25) is 14.5 Å². The zero-order valence-corrected chi connectivity index (χ0v) is 8.79. The minimum atomic E-state index is -0.633. The molecule has 5 heteroatoms. The highest BCUT2D eigenvalue weighted by atomic mass is 16.5. The first kappa shape index (κ1) is 11.0. The number of rotatable bonds is 2. The summed E-state index contributed by atoms with van der Waals surface area (Å²) in [5.74, 6) is -0.361. The van der Waals surface area contributed by atoms with Crippen LogP contribution in [0.15, 0.2) is 0 Å². The van der Waals surface area contributed by atoms with Gasteiger partial charge in [-0.25, -0.2) is 0 Å². The van der Waals surface area contributed by atoms with E-state index in [1.165, 1.54) is 7.11 Å². The molecule has 0 spiro atoms. The summed E-state index contributed by atoms with van der Waals surface area (Å²) in [7, 11) is 1.35. The molecule has 1 fully saturated rings. The maximum absolute atomic E-state index is 11.5. The predicted octanol–water partition coefficient (Wildman–Crippen LogP) is -0.630. The fraction of sp³-hybridized carbons (Fsp3) is 0.778. The van der Waals surface area contributed by atoms with Crippen molar-refractivity contribution >= 4 is 11.9 Å². The maximum atomic E-state index is 11.5. The second-order valence-electron chi connectivity index (χ2n) is 3.81. The molecule has 1 aliphatic heterocycles. The van der Waals surface area contributed by atoms with Gasteiger partial charge in [0.05, 0.1) is 19.2 Å². The molecule has 0 atom stereocenters. The van der Waals surface area contributed by atoms with Crippen molar-refractivity contribution in [2.24, 2.45) is 0 Å². The molecule has 14 heavy (non-hydrogen) atoms. The summed E-state index contributed by atoms with van der Waals surface area (Å²) >= 11 is 0. The van der Waals surface area contributed by atoms with Gasteiger partial charge in [0.15, 0.2) is 0 Å². The van der Waals surface area contributed by atoms with E-state index in [4.69, 9.17) is 0 Å². The standard InChI is InChI=1S/C9H16N2O3/c1-9(2)8(13)10-4-5-11(9)6-7(12)14-3/h4-6H2,1-3H3,(H,10,13). The third-order valence-electron chi connectivity index (χ3n) is 2.56. The summed E-state index contributed by atoms with van der Waals surface area (Å²) in [6.45, 7) is 5.01. The molecule has 0 radical (unpaired) electrons. The first-order valence-corrected chi connectivity index (χ1v) is 4.58. The van der Waals surface area contributed by atoms with Crippen LogP contribution in [-0.2, 0) is 14.3 Å². The summed E-state index contributed by atoms with van der Waals surface area (Å²) in [6.07, 6.45) is 0. The lowest BCUT2D eigenvalue weighted by molar-refractivity contribution is -0.147. The Hall–Kier alpha value is -1.10. The van der Waals surface area contributed by atoms with Gasteiger partial charge in [-0.2, -0.15) is 0 Å². The minimum absolute atomic E-state index is 0.0485. The second-order valence-corrected chi connectivity index (χ2v) is 3.81. The highest BCUT2D eigenvalue weighted by Crippen LogP contribution is 2.16. The molecule has 0 aromatic carbocycles. The van der Waals surface area contributed by atoms with Crippen molar-refractivity contribution in [3.05, 3.63) is 0 Å². The normalized spacial score (nSPS) is 21.5. The van der Waals surface area contributed by atoms with Crippen molar-refractivity contribution in [2.45, 2.75) is 19.4 Å². The third kappa shape index (κ3) is 2.04. The average Bonchev–Trinajstić information content (AvgIpc) is 2.13. The van der Waals surface area contributed by atoms with Crippen LogP contribution in [0.5, 0.6) is 0 Å². The van der Waals surface area contributed by atoms with Crippen LogP contribution in [-0.4, -0.2) is 49.1 Å². The Morgan fingerprint density at radius 2 is 2.29 bits per heavy atom. The second kappa shape index (κ2) is 3.96. The molecule has 1 amide bonds. The van der Waals surface area contributed by atoms with Crippen LogP contribution in [0, 0.1) is 0 Å². The van der Waals surface area contributed by atoms with Crippen molar-refractivity contribution in [3.63, 3.8) is 0 Å². The van der Waals surface area contributed by atoms with E-state index >= 15 is 0 Å². The fourth-order valence-electron chi connectivity index (χ4n) is 1.44. The molecule has 0 bridgehead atoms. The quantitative estimate of drug-likeness (QED) is 0.603. The van der Waals surface area contributed by atoms with Crippen LogP contribution in [0.4, 0.5) is 0 Å². The molecule has 0 aromatic heterocycles. The Morgan fingerprint density at radius 1 is 1.64 bits per heavy atom. The average molecular weight is 200 g/mol. The molecule has 80 valence electrons. The number of nitrogens with zero attached hydrogens (tertiary/aromatic N) is 1. The van der Waals surface area contributed by atoms with E-state index in [0.29, 0.717) is 13.1 Å². The van der Waals surface area contributed by atoms with Gasteiger partial charge in [-0.1, -0.05) is 0 Å². The number of esters is 1. The van der Waals surface area contributed by atoms with Crippen molar-refractivity contribution in [1.29, 1.82) is 0 Å². The van der Waals surface area contributed by atoms with Crippen molar-refractivity contribution in [3.8, 4) is 0 Å². The number of methoxy groups -OCH3 is 1. The SMILES string of the molecule is COC(=O)CN1CCNC(=O)C1(C)C. The molecule has 1 saturated heterocycles.